The molecule has 2 fully saturated rings. The van der Waals surface area contributed by atoms with E-state index in [1.165, 1.54) is 0 Å². The maximum Gasteiger partial charge on any atom is 0.410 e. The third-order valence-electron chi connectivity index (χ3n) is 4.44. The molecule has 8 nitrogen and oxygen atoms in total. The van der Waals surface area contributed by atoms with E-state index in [9.17, 15) is 9.59 Å². The Balaban J connectivity index is 1.79. The molecule has 1 aromatic heterocycles. The molecule has 8 heteroatoms. The van der Waals surface area contributed by atoms with E-state index in [-0.39, 0.29) is 24.3 Å². The average molecular weight is 323 g/mol. The van der Waals surface area contributed by atoms with Gasteiger partial charge in [-0.3, -0.25) is 4.79 Å². The smallest absolute Gasteiger partial charge is 0.410 e. The lowest BCUT2D eigenvalue weighted by Crippen LogP contribution is -2.52. The second-order valence-corrected chi connectivity index (χ2v) is 6.24. The van der Waals surface area contributed by atoms with E-state index in [1.807, 2.05) is 0 Å². The number of hydrogen-bond donors (Lipinski definition) is 0. The number of rotatable bonds is 3. The van der Waals surface area contributed by atoms with Crippen LogP contribution in [0.1, 0.15) is 34.7 Å². The molecule has 0 aliphatic carbocycles. The first kappa shape index (κ1) is 15.8. The summed E-state index contributed by atoms with van der Waals surface area (Å²) in [6, 6.07) is 0. The maximum absolute atomic E-state index is 12.8. The number of piperidine rings is 1. The monoisotopic (exact) mass is 323 g/mol. The fraction of sp³-hybridized carbons (Fsp3) is 0.667. The van der Waals surface area contributed by atoms with Gasteiger partial charge in [-0.1, -0.05) is 5.16 Å². The first-order chi connectivity index (χ1) is 11.0. The Kier molecular flexibility index (Phi) is 4.01. The average Bonchev–Trinajstić information content (AvgIpc) is 3.00. The molecule has 1 unspecified atom stereocenters. The second kappa shape index (κ2) is 5.84. The number of carbonyl (C=O) groups excluding carboxylic acids is 2. The Morgan fingerprint density at radius 1 is 1.43 bits per heavy atom. The summed E-state index contributed by atoms with van der Waals surface area (Å²) >= 11 is 0. The van der Waals surface area contributed by atoms with Gasteiger partial charge in [0.25, 0.3) is 5.91 Å². The van der Waals surface area contributed by atoms with E-state index in [0.717, 1.165) is 12.8 Å². The molecular weight excluding hydrogens is 302 g/mol. The normalized spacial score (nSPS) is 24.4. The molecule has 3 rings (SSSR count). The number of methoxy groups -OCH3 is 1. The third kappa shape index (κ3) is 2.78. The van der Waals surface area contributed by atoms with Gasteiger partial charge in [-0.15, -0.1) is 0 Å². The number of hydrogen-bond acceptors (Lipinski definition) is 6. The molecule has 0 saturated carbocycles. The molecule has 0 radical (unpaired) electrons. The van der Waals surface area contributed by atoms with Crippen LogP contribution in [0.3, 0.4) is 0 Å². The van der Waals surface area contributed by atoms with Crippen molar-refractivity contribution in [1.82, 2.24) is 15.0 Å². The van der Waals surface area contributed by atoms with Crippen LogP contribution in [0.25, 0.3) is 0 Å². The molecule has 126 valence electrons. The molecule has 2 aliphatic heterocycles. The van der Waals surface area contributed by atoms with Gasteiger partial charge in [-0.05, 0) is 19.8 Å². The topological polar surface area (TPSA) is 85.1 Å². The SMILES string of the molecule is COCc1c(C(=O)N2CCCC3(CN(C)C(=O)O3)C2)noc1C. The Bertz CT molecular complexity index is 629. The molecule has 1 atom stereocenters. The maximum atomic E-state index is 12.8. The Hall–Kier alpha value is -2.09. The quantitative estimate of drug-likeness (QED) is 0.830. The Labute approximate surface area is 134 Å². The molecule has 0 aromatic carbocycles. The van der Waals surface area contributed by atoms with Crippen molar-refractivity contribution in [2.75, 3.05) is 33.8 Å². The van der Waals surface area contributed by atoms with Gasteiger partial charge in [0.2, 0.25) is 0 Å². The van der Waals surface area contributed by atoms with Gasteiger partial charge in [0.05, 0.1) is 25.3 Å². The van der Waals surface area contributed by atoms with Crippen molar-refractivity contribution >= 4 is 12.0 Å². The van der Waals surface area contributed by atoms with Crippen molar-refractivity contribution in [3.8, 4) is 0 Å². The summed E-state index contributed by atoms with van der Waals surface area (Å²) in [6.45, 7) is 3.51. The molecule has 2 aliphatic rings. The van der Waals surface area contributed by atoms with Crippen molar-refractivity contribution in [2.24, 2.45) is 0 Å². The highest BCUT2D eigenvalue weighted by Crippen LogP contribution is 2.32. The number of likely N-dealkylation sites (N-methyl/N-ethyl adjacent to an activating group) is 1. The minimum atomic E-state index is -0.611. The zero-order chi connectivity index (χ0) is 16.6. The van der Waals surface area contributed by atoms with Gasteiger partial charge >= 0.3 is 6.09 Å². The van der Waals surface area contributed by atoms with Crippen LogP contribution >= 0.6 is 0 Å². The van der Waals surface area contributed by atoms with Crippen LogP contribution in [0.2, 0.25) is 0 Å². The van der Waals surface area contributed by atoms with Crippen LogP contribution in [0.5, 0.6) is 0 Å². The summed E-state index contributed by atoms with van der Waals surface area (Å²) in [5.41, 5.74) is 0.330. The lowest BCUT2D eigenvalue weighted by Gasteiger charge is -2.38. The Morgan fingerprint density at radius 3 is 2.87 bits per heavy atom. The summed E-state index contributed by atoms with van der Waals surface area (Å²) in [5, 5.41) is 3.89. The zero-order valence-electron chi connectivity index (χ0n) is 13.6. The van der Waals surface area contributed by atoms with E-state index in [4.69, 9.17) is 14.0 Å². The van der Waals surface area contributed by atoms with Crippen LogP contribution in [0.15, 0.2) is 4.52 Å². The van der Waals surface area contributed by atoms with Gasteiger partial charge in [0.1, 0.15) is 11.4 Å². The van der Waals surface area contributed by atoms with Gasteiger partial charge in [0.15, 0.2) is 5.69 Å². The summed E-state index contributed by atoms with van der Waals surface area (Å²) in [5.74, 6) is 0.368. The van der Waals surface area contributed by atoms with Crippen molar-refractivity contribution < 1.29 is 23.6 Å². The highest BCUT2D eigenvalue weighted by molar-refractivity contribution is 5.94. The van der Waals surface area contributed by atoms with E-state index in [0.29, 0.717) is 31.0 Å². The van der Waals surface area contributed by atoms with Gasteiger partial charge in [-0.25, -0.2) is 4.79 Å². The number of aromatic nitrogens is 1. The predicted octanol–water partition coefficient (Wildman–Crippen LogP) is 1.19. The molecular formula is C15H21N3O5. The van der Waals surface area contributed by atoms with Crippen molar-refractivity contribution in [2.45, 2.75) is 32.0 Å². The minimum Gasteiger partial charge on any atom is -0.439 e. The van der Waals surface area contributed by atoms with E-state index in [1.54, 1.807) is 30.9 Å². The number of likely N-dealkylation sites (tertiary alicyclic amines) is 1. The largest absolute Gasteiger partial charge is 0.439 e. The van der Waals surface area contributed by atoms with Crippen molar-refractivity contribution in [3.05, 3.63) is 17.0 Å². The van der Waals surface area contributed by atoms with E-state index in [2.05, 4.69) is 5.16 Å². The molecule has 2 saturated heterocycles. The molecule has 1 spiro atoms. The lowest BCUT2D eigenvalue weighted by molar-refractivity contribution is -0.00563. The number of carbonyl (C=O) groups is 2. The summed E-state index contributed by atoms with van der Waals surface area (Å²) < 4.78 is 15.8. The van der Waals surface area contributed by atoms with Gasteiger partial charge in [-0.2, -0.15) is 0 Å². The predicted molar refractivity (Wildman–Crippen MR) is 78.9 cm³/mol. The fourth-order valence-corrected chi connectivity index (χ4v) is 3.30. The van der Waals surface area contributed by atoms with Gasteiger partial charge < -0.3 is 23.8 Å². The first-order valence-corrected chi connectivity index (χ1v) is 7.63. The fourth-order valence-electron chi connectivity index (χ4n) is 3.30. The van der Waals surface area contributed by atoms with Crippen molar-refractivity contribution in [3.63, 3.8) is 0 Å². The summed E-state index contributed by atoms with van der Waals surface area (Å²) in [4.78, 5) is 27.7. The first-order valence-electron chi connectivity index (χ1n) is 7.63. The second-order valence-electron chi connectivity index (χ2n) is 6.24. The highest BCUT2D eigenvalue weighted by Gasteiger charge is 2.47. The standard InChI is InChI=1S/C15H21N3O5/c1-10-11(7-21-3)12(16-23-10)13(19)18-6-4-5-15(9-18)8-17(2)14(20)22-15/h4-9H2,1-3H3. The highest BCUT2D eigenvalue weighted by atomic mass is 16.6. The van der Waals surface area contributed by atoms with E-state index >= 15 is 0 Å². The zero-order valence-corrected chi connectivity index (χ0v) is 13.6. The van der Waals surface area contributed by atoms with Crippen LogP contribution in [-0.4, -0.2) is 66.3 Å². The number of amides is 2. The Morgan fingerprint density at radius 2 is 2.22 bits per heavy atom. The number of aryl methyl sites for hydroxylation is 1. The number of nitrogens with zero attached hydrogens (tertiary/aromatic N) is 3. The molecule has 0 N–H and O–H groups in total. The van der Waals surface area contributed by atoms with Crippen LogP contribution in [-0.2, 0) is 16.1 Å². The molecule has 23 heavy (non-hydrogen) atoms. The lowest BCUT2D eigenvalue weighted by atomic mass is 9.92. The molecule has 3 heterocycles. The van der Waals surface area contributed by atoms with Crippen LogP contribution in [0.4, 0.5) is 4.79 Å². The van der Waals surface area contributed by atoms with Crippen LogP contribution < -0.4 is 0 Å². The molecule has 2 amide bonds. The third-order valence-corrected chi connectivity index (χ3v) is 4.44. The van der Waals surface area contributed by atoms with E-state index < -0.39 is 5.60 Å². The van der Waals surface area contributed by atoms with Crippen LogP contribution in [0, 0.1) is 6.92 Å². The molecule has 0 bridgehead atoms. The summed E-state index contributed by atoms with van der Waals surface area (Å²) in [7, 11) is 3.26. The number of ether oxygens (including phenoxy) is 2. The molecule has 1 aromatic rings. The summed E-state index contributed by atoms with van der Waals surface area (Å²) in [6.07, 6.45) is 1.20. The minimum absolute atomic E-state index is 0.210. The van der Waals surface area contributed by atoms with Crippen molar-refractivity contribution in [1.29, 1.82) is 0 Å². The van der Waals surface area contributed by atoms with Gasteiger partial charge in [0, 0.05) is 20.7 Å².